The SMILES string of the molecule is CC(=O)c1csc(C(=O)N2CC(C(=O)O)O[C@H](C)C2)c1. The Labute approximate surface area is 120 Å². The average Bonchev–Trinajstić information content (AvgIpc) is 2.86. The highest BCUT2D eigenvalue weighted by atomic mass is 32.1. The molecule has 1 aromatic heterocycles. The van der Waals surface area contributed by atoms with Gasteiger partial charge in [0, 0.05) is 17.5 Å². The summed E-state index contributed by atoms with van der Waals surface area (Å²) in [5, 5.41) is 10.6. The first-order valence-corrected chi connectivity index (χ1v) is 7.03. The highest BCUT2D eigenvalue weighted by molar-refractivity contribution is 7.12. The van der Waals surface area contributed by atoms with Crippen molar-refractivity contribution in [3.8, 4) is 0 Å². The molecule has 108 valence electrons. The van der Waals surface area contributed by atoms with Crippen LogP contribution in [0, 0.1) is 0 Å². The molecule has 0 saturated carbocycles. The van der Waals surface area contributed by atoms with Crippen molar-refractivity contribution in [2.45, 2.75) is 26.1 Å². The van der Waals surface area contributed by atoms with Crippen LogP contribution in [0.1, 0.15) is 33.9 Å². The highest BCUT2D eigenvalue weighted by Gasteiger charge is 2.33. The van der Waals surface area contributed by atoms with E-state index in [2.05, 4.69) is 0 Å². The number of carboxylic acid groups (broad SMARTS) is 1. The van der Waals surface area contributed by atoms with Gasteiger partial charge in [-0.2, -0.15) is 0 Å². The van der Waals surface area contributed by atoms with E-state index in [1.807, 2.05) is 0 Å². The third kappa shape index (κ3) is 3.05. The van der Waals surface area contributed by atoms with Crippen molar-refractivity contribution in [1.82, 2.24) is 4.90 Å². The van der Waals surface area contributed by atoms with Crippen LogP contribution in [0.25, 0.3) is 0 Å². The number of ketones is 1. The summed E-state index contributed by atoms with van der Waals surface area (Å²) in [6.45, 7) is 3.53. The minimum absolute atomic E-state index is 0.0197. The van der Waals surface area contributed by atoms with Gasteiger partial charge in [-0.1, -0.05) is 0 Å². The van der Waals surface area contributed by atoms with E-state index in [-0.39, 0.29) is 24.3 Å². The Morgan fingerprint density at radius 1 is 1.40 bits per heavy atom. The highest BCUT2D eigenvalue weighted by Crippen LogP contribution is 2.20. The molecule has 1 unspecified atom stereocenters. The molecular weight excluding hydrogens is 282 g/mol. The van der Waals surface area contributed by atoms with Crippen molar-refractivity contribution in [3.63, 3.8) is 0 Å². The predicted octanol–water partition coefficient (Wildman–Crippen LogP) is 1.26. The normalized spacial score (nSPS) is 22.6. The second-order valence-electron chi connectivity index (χ2n) is 4.74. The van der Waals surface area contributed by atoms with Gasteiger partial charge in [0.2, 0.25) is 0 Å². The summed E-state index contributed by atoms with van der Waals surface area (Å²) in [5.41, 5.74) is 0.495. The van der Waals surface area contributed by atoms with Gasteiger partial charge in [-0.25, -0.2) is 4.79 Å². The topological polar surface area (TPSA) is 83.9 Å². The molecule has 0 spiro atoms. The quantitative estimate of drug-likeness (QED) is 0.849. The van der Waals surface area contributed by atoms with E-state index in [4.69, 9.17) is 9.84 Å². The molecule has 1 saturated heterocycles. The molecule has 2 heterocycles. The molecule has 1 aliphatic heterocycles. The molecule has 1 aliphatic rings. The lowest BCUT2D eigenvalue weighted by Crippen LogP contribution is -2.51. The van der Waals surface area contributed by atoms with Gasteiger partial charge in [-0.05, 0) is 19.9 Å². The van der Waals surface area contributed by atoms with Gasteiger partial charge in [-0.3, -0.25) is 9.59 Å². The molecule has 2 rings (SSSR count). The molecule has 6 nitrogen and oxygen atoms in total. The maximum atomic E-state index is 12.3. The summed E-state index contributed by atoms with van der Waals surface area (Å²) in [5.74, 6) is -1.44. The smallest absolute Gasteiger partial charge is 0.334 e. The lowest BCUT2D eigenvalue weighted by atomic mass is 10.2. The van der Waals surface area contributed by atoms with Gasteiger partial charge in [0.15, 0.2) is 11.9 Å². The molecule has 1 N–H and O–H groups in total. The molecule has 0 bridgehead atoms. The summed E-state index contributed by atoms with van der Waals surface area (Å²) in [6, 6.07) is 1.55. The molecule has 0 aliphatic carbocycles. The van der Waals surface area contributed by atoms with Crippen molar-refractivity contribution in [2.75, 3.05) is 13.1 Å². The van der Waals surface area contributed by atoms with Crippen molar-refractivity contribution >= 4 is 29.0 Å². The summed E-state index contributed by atoms with van der Waals surface area (Å²) in [6.07, 6.45) is -1.34. The van der Waals surface area contributed by atoms with Crippen LogP contribution in [0.2, 0.25) is 0 Å². The molecule has 1 amide bonds. The maximum Gasteiger partial charge on any atom is 0.334 e. The number of rotatable bonds is 3. The maximum absolute atomic E-state index is 12.3. The van der Waals surface area contributed by atoms with Gasteiger partial charge in [0.1, 0.15) is 0 Å². The number of amides is 1. The summed E-state index contributed by atoms with van der Waals surface area (Å²) in [4.78, 5) is 36.5. The fourth-order valence-corrected chi connectivity index (χ4v) is 2.96. The molecule has 1 fully saturated rings. The zero-order valence-electron chi connectivity index (χ0n) is 11.2. The summed E-state index contributed by atoms with van der Waals surface area (Å²) >= 11 is 1.19. The number of hydrogen-bond donors (Lipinski definition) is 1. The number of aliphatic carboxylic acids is 1. The molecule has 0 radical (unpaired) electrons. The van der Waals surface area contributed by atoms with Crippen LogP contribution < -0.4 is 0 Å². The number of ether oxygens (including phenoxy) is 1. The molecule has 7 heteroatoms. The second-order valence-corrected chi connectivity index (χ2v) is 5.65. The lowest BCUT2D eigenvalue weighted by molar-refractivity contribution is -0.160. The monoisotopic (exact) mass is 297 g/mol. The van der Waals surface area contributed by atoms with Gasteiger partial charge in [0.05, 0.1) is 17.5 Å². The Morgan fingerprint density at radius 2 is 2.10 bits per heavy atom. The lowest BCUT2D eigenvalue weighted by Gasteiger charge is -2.34. The molecular formula is C13H15NO5S. The van der Waals surface area contributed by atoms with Crippen molar-refractivity contribution in [1.29, 1.82) is 0 Å². The first-order chi connectivity index (χ1) is 9.38. The number of morpholine rings is 1. The van der Waals surface area contributed by atoms with Gasteiger partial charge < -0.3 is 14.7 Å². The molecule has 20 heavy (non-hydrogen) atoms. The zero-order chi connectivity index (χ0) is 14.9. The number of hydrogen-bond acceptors (Lipinski definition) is 5. The van der Waals surface area contributed by atoms with Crippen LogP contribution in [0.3, 0.4) is 0 Å². The van der Waals surface area contributed by atoms with Crippen LogP contribution in [0.15, 0.2) is 11.4 Å². The van der Waals surface area contributed by atoms with Crippen LogP contribution in [0.4, 0.5) is 0 Å². The van der Waals surface area contributed by atoms with Crippen molar-refractivity contribution < 1.29 is 24.2 Å². The number of nitrogens with zero attached hydrogens (tertiary/aromatic N) is 1. The number of carboxylic acids is 1. The van der Waals surface area contributed by atoms with E-state index in [9.17, 15) is 14.4 Å². The Hall–Kier alpha value is -1.73. The predicted molar refractivity (Wildman–Crippen MR) is 72.2 cm³/mol. The first-order valence-electron chi connectivity index (χ1n) is 6.15. The van der Waals surface area contributed by atoms with E-state index in [0.29, 0.717) is 17.0 Å². The van der Waals surface area contributed by atoms with E-state index in [1.54, 1.807) is 18.4 Å². The fraction of sp³-hybridized carbons (Fsp3) is 0.462. The Balaban J connectivity index is 2.14. The van der Waals surface area contributed by atoms with E-state index in [1.165, 1.54) is 23.2 Å². The Kier molecular flexibility index (Phi) is 4.20. The third-order valence-corrected chi connectivity index (χ3v) is 3.96. The van der Waals surface area contributed by atoms with Gasteiger partial charge >= 0.3 is 5.97 Å². The molecule has 1 aromatic rings. The van der Waals surface area contributed by atoms with Gasteiger partial charge in [-0.15, -0.1) is 11.3 Å². The summed E-state index contributed by atoms with van der Waals surface area (Å²) in [7, 11) is 0. The van der Waals surface area contributed by atoms with E-state index < -0.39 is 12.1 Å². The van der Waals surface area contributed by atoms with E-state index >= 15 is 0 Å². The second kappa shape index (κ2) is 5.72. The number of carbonyl (C=O) groups excluding carboxylic acids is 2. The Morgan fingerprint density at radius 3 is 2.65 bits per heavy atom. The minimum atomic E-state index is -1.08. The molecule has 0 aromatic carbocycles. The number of Topliss-reactive ketones (excluding diaryl/α,β-unsaturated/α-hetero) is 1. The first kappa shape index (κ1) is 14.7. The fourth-order valence-electron chi connectivity index (χ4n) is 2.04. The number of thiophene rings is 1. The van der Waals surface area contributed by atoms with Gasteiger partial charge in [0.25, 0.3) is 5.91 Å². The van der Waals surface area contributed by atoms with Crippen LogP contribution >= 0.6 is 11.3 Å². The average molecular weight is 297 g/mol. The molecule has 2 atom stereocenters. The zero-order valence-corrected chi connectivity index (χ0v) is 12.0. The minimum Gasteiger partial charge on any atom is -0.479 e. The van der Waals surface area contributed by atoms with Crippen molar-refractivity contribution in [3.05, 3.63) is 21.9 Å². The largest absolute Gasteiger partial charge is 0.479 e. The Bertz CT molecular complexity index is 553. The summed E-state index contributed by atoms with van der Waals surface area (Å²) < 4.78 is 5.26. The standard InChI is InChI=1S/C13H15NO5S/c1-7-4-14(5-10(19-7)13(17)18)12(16)11-3-9(6-20-11)8(2)15/h3,6-7,10H,4-5H2,1-2H3,(H,17,18)/t7-,10?/m1/s1. The van der Waals surface area contributed by atoms with Crippen LogP contribution in [-0.4, -0.2) is 53.0 Å². The van der Waals surface area contributed by atoms with Crippen LogP contribution in [0.5, 0.6) is 0 Å². The third-order valence-electron chi connectivity index (χ3n) is 3.04. The number of carbonyl (C=O) groups is 3. The van der Waals surface area contributed by atoms with E-state index in [0.717, 1.165) is 0 Å². The van der Waals surface area contributed by atoms with Crippen LogP contribution in [-0.2, 0) is 9.53 Å². The van der Waals surface area contributed by atoms with Crippen molar-refractivity contribution in [2.24, 2.45) is 0 Å².